The summed E-state index contributed by atoms with van der Waals surface area (Å²) in [5.74, 6) is 3.38. The highest BCUT2D eigenvalue weighted by atomic mass is 27.2. The highest BCUT2D eigenvalue weighted by Crippen LogP contribution is 2.17. The van der Waals surface area contributed by atoms with Crippen LogP contribution >= 0.6 is 0 Å². The summed E-state index contributed by atoms with van der Waals surface area (Å²) in [6.07, 6.45) is 5.66. The van der Waals surface area contributed by atoms with Crippen LogP contribution in [-0.4, -0.2) is 33.1 Å². The van der Waals surface area contributed by atoms with E-state index in [9.17, 15) is 0 Å². The Balaban J connectivity index is 2.47. The van der Waals surface area contributed by atoms with Crippen LogP contribution in [0.3, 0.4) is 0 Å². The Bertz CT molecular complexity index is 259. The quantitative estimate of drug-likeness (QED) is 0.538. The molecule has 18 heavy (non-hydrogen) atoms. The Hall–Kier alpha value is 0.0125. The van der Waals surface area contributed by atoms with Crippen LogP contribution in [0.2, 0.25) is 10.6 Å². The van der Waals surface area contributed by atoms with E-state index in [0.717, 1.165) is 25.9 Å². The first-order valence-electron chi connectivity index (χ1n) is 7.58. The fourth-order valence-corrected chi connectivity index (χ4v) is 3.55. The number of hydrogen-bond donors (Lipinski definition) is 0. The van der Waals surface area contributed by atoms with E-state index in [1.54, 1.807) is 0 Å². The molecule has 0 aromatic carbocycles. The van der Waals surface area contributed by atoms with E-state index in [0.29, 0.717) is 0 Å². The second-order valence-corrected chi connectivity index (χ2v) is 8.33. The Morgan fingerprint density at radius 2 is 2.06 bits per heavy atom. The van der Waals surface area contributed by atoms with Gasteiger partial charge in [0, 0.05) is 6.61 Å². The fraction of sp³-hybridized carbons (Fsp3) is 0.867. The topological polar surface area (TPSA) is 18.5 Å². The summed E-state index contributed by atoms with van der Waals surface area (Å²) < 4.78 is 11.6. The summed E-state index contributed by atoms with van der Waals surface area (Å²) in [6, 6.07) is 0. The van der Waals surface area contributed by atoms with Crippen LogP contribution in [0.1, 0.15) is 52.9 Å². The molecule has 1 rings (SSSR count). The molecule has 2 nitrogen and oxygen atoms in total. The first-order valence-corrected chi connectivity index (χ1v) is 9.79. The van der Waals surface area contributed by atoms with Crippen molar-refractivity contribution < 1.29 is 9.47 Å². The largest absolute Gasteiger partial charge is 0.375 e. The van der Waals surface area contributed by atoms with Crippen LogP contribution in [0.5, 0.6) is 0 Å². The molecule has 0 aromatic heterocycles. The first kappa shape index (κ1) is 16.1. The van der Waals surface area contributed by atoms with Gasteiger partial charge in [-0.2, -0.15) is 0 Å². The molecule has 0 radical (unpaired) electrons. The van der Waals surface area contributed by atoms with Gasteiger partial charge in [-0.15, -0.1) is 0 Å². The highest BCUT2D eigenvalue weighted by molar-refractivity contribution is 6.67. The van der Waals surface area contributed by atoms with Crippen molar-refractivity contribution in [3.63, 3.8) is 0 Å². The van der Waals surface area contributed by atoms with Gasteiger partial charge in [0.1, 0.15) is 6.10 Å². The van der Waals surface area contributed by atoms with Gasteiger partial charge in [0.05, 0.1) is 0 Å². The van der Waals surface area contributed by atoms with E-state index in [4.69, 9.17) is 9.47 Å². The van der Waals surface area contributed by atoms with Crippen molar-refractivity contribution in [2.75, 3.05) is 6.61 Å². The Morgan fingerprint density at radius 1 is 1.28 bits per heavy atom. The van der Waals surface area contributed by atoms with Crippen LogP contribution in [0, 0.1) is 10.7 Å². The first-order chi connectivity index (χ1) is 8.80. The number of hydrogen-bond acceptors (Lipinski definition) is 2. The molecule has 0 aliphatic carbocycles. The molecule has 0 spiro atoms. The molecule has 1 heterocycles. The predicted molar refractivity (Wildman–Crippen MR) is 77.9 cm³/mol. The minimum Gasteiger partial charge on any atom is -0.353 e. The van der Waals surface area contributed by atoms with Gasteiger partial charge < -0.3 is 9.47 Å². The second-order valence-electron chi connectivity index (χ2n) is 5.01. The van der Waals surface area contributed by atoms with Gasteiger partial charge in [0.2, 0.25) is 0 Å². The summed E-state index contributed by atoms with van der Waals surface area (Å²) >= 11 is -0.812. The summed E-state index contributed by atoms with van der Waals surface area (Å²) in [5.41, 5.74) is 0. The van der Waals surface area contributed by atoms with E-state index < -0.39 is 14.1 Å². The van der Waals surface area contributed by atoms with Crippen molar-refractivity contribution in [3.05, 3.63) is 0 Å². The lowest BCUT2D eigenvalue weighted by atomic mass is 10.2. The van der Waals surface area contributed by atoms with Crippen molar-refractivity contribution >= 4 is 14.1 Å². The number of ether oxygens (including phenoxy) is 2. The zero-order valence-electron chi connectivity index (χ0n) is 12.2. The molecule has 0 aromatic rings. The third-order valence-corrected chi connectivity index (χ3v) is 5.98. The van der Waals surface area contributed by atoms with Gasteiger partial charge in [-0.25, -0.2) is 4.78 Å². The van der Waals surface area contributed by atoms with Crippen LogP contribution in [0.25, 0.3) is 0 Å². The smallest absolute Gasteiger partial charge is 0.353 e. The lowest BCUT2D eigenvalue weighted by Gasteiger charge is -2.25. The third-order valence-electron chi connectivity index (χ3n) is 3.44. The van der Waals surface area contributed by atoms with Crippen molar-refractivity contribution in [2.45, 2.75) is 75.8 Å². The molecule has 1 fully saturated rings. The maximum atomic E-state index is 6.00. The normalized spacial score (nSPS) is 20.9. The minimum atomic E-state index is -0.812. The molecule has 0 saturated carbocycles. The monoisotopic (exact) mass is 266 g/mol. The van der Waals surface area contributed by atoms with Gasteiger partial charge in [-0.3, -0.25) is 0 Å². The molecule has 1 aliphatic heterocycles. The molecule has 2 atom stereocenters. The standard InChI is InChI=1S/C11H17O2.2C2H5.Al/c1-3-7-10(4-2)13-11-8-5-6-9-12-11;2*1-2;/h10-11H,3,5-9H2,1H3;2*1H2,2H3;. The maximum absolute atomic E-state index is 6.00. The average Bonchev–Trinajstić information content (AvgIpc) is 2.41. The van der Waals surface area contributed by atoms with Crippen molar-refractivity contribution in [1.82, 2.24) is 0 Å². The van der Waals surface area contributed by atoms with Crippen molar-refractivity contribution in [3.8, 4) is 10.7 Å². The fourth-order valence-electron chi connectivity index (χ4n) is 2.14. The molecular formula is C15H27AlO2. The van der Waals surface area contributed by atoms with Crippen molar-refractivity contribution in [2.24, 2.45) is 0 Å². The maximum Gasteiger partial charge on any atom is 0.375 e. The molecule has 0 N–H and O–H groups in total. The molecular weight excluding hydrogens is 239 g/mol. The summed E-state index contributed by atoms with van der Waals surface area (Å²) in [5, 5.41) is 2.53. The van der Waals surface area contributed by atoms with Gasteiger partial charge in [-0.05, 0) is 25.7 Å². The number of rotatable bonds is 6. The molecule has 0 amide bonds. The molecule has 2 unspecified atom stereocenters. The molecule has 0 bridgehead atoms. The van der Waals surface area contributed by atoms with Crippen LogP contribution in [-0.2, 0) is 9.47 Å². The summed E-state index contributed by atoms with van der Waals surface area (Å²) in [7, 11) is 0. The van der Waals surface area contributed by atoms with Gasteiger partial charge >= 0.3 is 14.1 Å². The summed E-state index contributed by atoms with van der Waals surface area (Å²) in [6.45, 7) is 7.55. The Morgan fingerprint density at radius 3 is 2.61 bits per heavy atom. The Kier molecular flexibility index (Phi) is 8.82. The third kappa shape index (κ3) is 6.26. The Labute approximate surface area is 117 Å². The van der Waals surface area contributed by atoms with Crippen LogP contribution in [0.15, 0.2) is 0 Å². The lowest BCUT2D eigenvalue weighted by molar-refractivity contribution is -0.177. The predicted octanol–water partition coefficient (Wildman–Crippen LogP) is 3.78. The molecule has 102 valence electrons. The molecule has 1 aliphatic rings. The van der Waals surface area contributed by atoms with Gasteiger partial charge in [-0.1, -0.05) is 43.7 Å². The minimum absolute atomic E-state index is 0.00651. The van der Waals surface area contributed by atoms with Crippen molar-refractivity contribution in [1.29, 1.82) is 0 Å². The zero-order chi connectivity index (χ0) is 13.2. The van der Waals surface area contributed by atoms with E-state index in [1.807, 2.05) is 0 Å². The highest BCUT2D eigenvalue weighted by Gasteiger charge is 2.18. The zero-order valence-corrected chi connectivity index (χ0v) is 13.4. The van der Waals surface area contributed by atoms with E-state index in [1.165, 1.54) is 23.4 Å². The van der Waals surface area contributed by atoms with Crippen LogP contribution in [0.4, 0.5) is 0 Å². The van der Waals surface area contributed by atoms with Gasteiger partial charge in [0.25, 0.3) is 0 Å². The van der Waals surface area contributed by atoms with E-state index >= 15 is 0 Å². The molecule has 1 saturated heterocycles. The molecule has 3 heteroatoms. The second kappa shape index (κ2) is 9.88. The SMILES string of the molecule is CCCC(C#[C][Al]([CH2]C)[CH2]C)OC1CCCCO1. The van der Waals surface area contributed by atoms with Crippen LogP contribution < -0.4 is 0 Å². The average molecular weight is 266 g/mol. The lowest BCUT2D eigenvalue weighted by Crippen LogP contribution is -2.27. The van der Waals surface area contributed by atoms with Gasteiger partial charge in [0.15, 0.2) is 6.29 Å². The van der Waals surface area contributed by atoms with E-state index in [2.05, 4.69) is 31.5 Å². The van der Waals surface area contributed by atoms with E-state index in [-0.39, 0.29) is 12.4 Å². The summed E-state index contributed by atoms with van der Waals surface area (Å²) in [4.78, 5) is 3.50.